The largest absolute Gasteiger partial charge is 0.450 e. The molecule has 3 N–H and O–H groups in total. The van der Waals surface area contributed by atoms with Crippen molar-refractivity contribution >= 4 is 53.7 Å². The lowest BCUT2D eigenvalue weighted by molar-refractivity contribution is 0.0899. The van der Waals surface area contributed by atoms with Gasteiger partial charge in [0.25, 0.3) is 0 Å². The van der Waals surface area contributed by atoms with E-state index in [0.29, 0.717) is 35.6 Å². The van der Waals surface area contributed by atoms with Gasteiger partial charge >= 0.3 is 0 Å². The molecule has 0 unspecified atom stereocenters. The lowest BCUT2D eigenvalue weighted by Crippen LogP contribution is -2.29. The molecule has 2 heterocycles. The number of aliphatic hydroxyl groups is 1. The standard InChI is InChI=1S/C23H29ClF2N4O3SSi/c1-35(2,3)10-9-32-14-30-13-16(24)20-19(5-7-27-22(20)30)33-21-17(25)11-15(12-18(21)26)29-23(34)28-6-4-8-31/h5,7,11-13,31H,4,6,8-10,14H2,1-3H3,(H2,28,29,34). The Balaban J connectivity index is 1.77. The highest BCUT2D eigenvalue weighted by Gasteiger charge is 2.19. The normalized spacial score (nSPS) is 11.6. The van der Waals surface area contributed by atoms with Crippen LogP contribution in [0.3, 0.4) is 0 Å². The van der Waals surface area contributed by atoms with E-state index in [1.54, 1.807) is 10.8 Å². The second kappa shape index (κ2) is 12.1. The molecule has 0 saturated heterocycles. The number of fused-ring (bicyclic) bond motifs is 1. The molecule has 3 aromatic rings. The topological polar surface area (TPSA) is 80.6 Å². The molecule has 3 rings (SSSR count). The Labute approximate surface area is 214 Å². The number of nitrogens with one attached hydrogen (secondary N) is 2. The van der Waals surface area contributed by atoms with E-state index in [1.165, 1.54) is 12.3 Å². The first kappa shape index (κ1) is 27.3. The van der Waals surface area contributed by atoms with Gasteiger partial charge in [-0.1, -0.05) is 31.2 Å². The zero-order chi connectivity index (χ0) is 25.6. The summed E-state index contributed by atoms with van der Waals surface area (Å²) in [5.41, 5.74) is 0.604. The number of hydrogen-bond donors (Lipinski definition) is 3. The smallest absolute Gasteiger partial charge is 0.198 e. The lowest BCUT2D eigenvalue weighted by atomic mass is 10.2. The summed E-state index contributed by atoms with van der Waals surface area (Å²) >= 11 is 11.5. The summed E-state index contributed by atoms with van der Waals surface area (Å²) in [4.78, 5) is 4.35. The highest BCUT2D eigenvalue weighted by Crippen LogP contribution is 2.37. The van der Waals surface area contributed by atoms with Crippen LogP contribution in [0.1, 0.15) is 6.42 Å². The van der Waals surface area contributed by atoms with Gasteiger partial charge in [-0.2, -0.15) is 0 Å². The van der Waals surface area contributed by atoms with Gasteiger partial charge in [0.1, 0.15) is 18.1 Å². The number of rotatable bonds is 11. The van der Waals surface area contributed by atoms with E-state index in [-0.39, 0.29) is 29.9 Å². The first-order chi connectivity index (χ1) is 16.6. The third kappa shape index (κ3) is 7.58. The Hall–Kier alpha value is -2.31. The van der Waals surface area contributed by atoms with E-state index in [4.69, 9.17) is 38.4 Å². The van der Waals surface area contributed by atoms with E-state index >= 15 is 0 Å². The second-order valence-electron chi connectivity index (χ2n) is 9.13. The van der Waals surface area contributed by atoms with Crippen molar-refractivity contribution < 1.29 is 23.4 Å². The molecule has 190 valence electrons. The van der Waals surface area contributed by atoms with Gasteiger partial charge in [-0.15, -0.1) is 0 Å². The molecule has 35 heavy (non-hydrogen) atoms. The first-order valence-corrected chi connectivity index (χ1v) is 15.6. The summed E-state index contributed by atoms with van der Waals surface area (Å²) in [6.45, 7) is 8.13. The van der Waals surface area contributed by atoms with Crippen LogP contribution in [0.25, 0.3) is 11.0 Å². The third-order valence-corrected chi connectivity index (χ3v) is 7.23. The Morgan fingerprint density at radius 2 is 1.97 bits per heavy atom. The van der Waals surface area contributed by atoms with Gasteiger partial charge in [0, 0.05) is 58.0 Å². The summed E-state index contributed by atoms with van der Waals surface area (Å²) in [6, 6.07) is 4.68. The van der Waals surface area contributed by atoms with Crippen LogP contribution in [0.4, 0.5) is 14.5 Å². The Morgan fingerprint density at radius 3 is 2.63 bits per heavy atom. The number of hydrogen-bond acceptors (Lipinski definition) is 5. The molecule has 0 saturated carbocycles. The SMILES string of the molecule is C[Si](C)(C)CCOCn1cc(Cl)c2c(Oc3c(F)cc(NC(=S)NCCCO)cc3F)ccnc21. The van der Waals surface area contributed by atoms with Crippen LogP contribution in [0.2, 0.25) is 30.7 Å². The quantitative estimate of drug-likeness (QED) is 0.162. The highest BCUT2D eigenvalue weighted by atomic mass is 35.5. The molecule has 2 aromatic heterocycles. The molecular formula is C23H29ClF2N4O3SSi. The molecule has 0 aliphatic carbocycles. The van der Waals surface area contributed by atoms with Crippen LogP contribution in [0.5, 0.6) is 11.5 Å². The van der Waals surface area contributed by atoms with Crippen molar-refractivity contribution in [3.63, 3.8) is 0 Å². The minimum atomic E-state index is -1.22. The molecule has 0 aliphatic heterocycles. The van der Waals surface area contributed by atoms with Crippen molar-refractivity contribution in [3.8, 4) is 11.5 Å². The number of halogens is 3. The number of ether oxygens (including phenoxy) is 2. The van der Waals surface area contributed by atoms with Crippen molar-refractivity contribution in [2.75, 3.05) is 25.1 Å². The van der Waals surface area contributed by atoms with Crippen LogP contribution in [-0.4, -0.2) is 47.6 Å². The van der Waals surface area contributed by atoms with Crippen LogP contribution >= 0.6 is 23.8 Å². The van der Waals surface area contributed by atoms with Crippen LogP contribution < -0.4 is 15.4 Å². The summed E-state index contributed by atoms with van der Waals surface area (Å²) in [6.07, 6.45) is 3.63. The van der Waals surface area contributed by atoms with Crippen LogP contribution in [0, 0.1) is 11.6 Å². The molecule has 12 heteroatoms. The van der Waals surface area contributed by atoms with Gasteiger partial charge in [0.05, 0.1) is 10.4 Å². The maximum Gasteiger partial charge on any atom is 0.198 e. The second-order valence-corrected chi connectivity index (χ2v) is 15.6. The minimum Gasteiger partial charge on any atom is -0.450 e. The molecule has 1 aromatic carbocycles. The van der Waals surface area contributed by atoms with Gasteiger partial charge in [0.2, 0.25) is 0 Å². The molecular weight excluding hydrogens is 514 g/mol. The minimum absolute atomic E-state index is 0.00616. The van der Waals surface area contributed by atoms with Crippen molar-refractivity contribution in [3.05, 3.63) is 47.2 Å². The third-order valence-electron chi connectivity index (χ3n) is 4.99. The average Bonchev–Trinajstić information content (AvgIpc) is 3.10. The van der Waals surface area contributed by atoms with Crippen LogP contribution in [0.15, 0.2) is 30.6 Å². The Morgan fingerprint density at radius 1 is 1.26 bits per heavy atom. The highest BCUT2D eigenvalue weighted by molar-refractivity contribution is 7.80. The fourth-order valence-corrected chi connectivity index (χ4v) is 4.43. The first-order valence-electron chi connectivity index (χ1n) is 11.1. The predicted octanol–water partition coefficient (Wildman–Crippen LogP) is 5.74. The fraction of sp³-hybridized carbons (Fsp3) is 0.391. The van der Waals surface area contributed by atoms with Gasteiger partial charge < -0.3 is 29.8 Å². The predicted molar refractivity (Wildman–Crippen MR) is 141 cm³/mol. The fourth-order valence-electron chi connectivity index (χ4n) is 3.16. The van der Waals surface area contributed by atoms with E-state index in [9.17, 15) is 8.78 Å². The number of nitrogens with zero attached hydrogens (tertiary/aromatic N) is 2. The lowest BCUT2D eigenvalue weighted by Gasteiger charge is -2.15. The van der Waals surface area contributed by atoms with E-state index in [1.807, 2.05) is 0 Å². The zero-order valence-electron chi connectivity index (χ0n) is 19.8. The maximum absolute atomic E-state index is 14.8. The Kier molecular flexibility index (Phi) is 9.42. The molecule has 0 spiro atoms. The van der Waals surface area contributed by atoms with E-state index in [2.05, 4.69) is 35.3 Å². The van der Waals surface area contributed by atoms with E-state index < -0.39 is 25.5 Å². The van der Waals surface area contributed by atoms with Crippen molar-refractivity contribution in [1.82, 2.24) is 14.9 Å². The molecule has 0 bridgehead atoms. The summed E-state index contributed by atoms with van der Waals surface area (Å²) < 4.78 is 42.7. The number of anilines is 1. The summed E-state index contributed by atoms with van der Waals surface area (Å²) in [7, 11) is -1.22. The number of benzene rings is 1. The zero-order valence-corrected chi connectivity index (χ0v) is 22.4. The van der Waals surface area contributed by atoms with Crippen molar-refractivity contribution in [2.45, 2.75) is 38.8 Å². The van der Waals surface area contributed by atoms with E-state index in [0.717, 1.165) is 18.2 Å². The molecule has 0 atom stereocenters. The number of aromatic nitrogens is 2. The summed E-state index contributed by atoms with van der Waals surface area (Å²) in [5.74, 6) is -2.24. The summed E-state index contributed by atoms with van der Waals surface area (Å²) in [5, 5.41) is 15.3. The maximum atomic E-state index is 14.8. The molecule has 7 nitrogen and oxygen atoms in total. The van der Waals surface area contributed by atoms with Gasteiger partial charge in [-0.05, 0) is 30.7 Å². The van der Waals surface area contributed by atoms with Crippen molar-refractivity contribution in [2.24, 2.45) is 0 Å². The molecule has 0 fully saturated rings. The number of pyridine rings is 1. The van der Waals surface area contributed by atoms with Crippen molar-refractivity contribution in [1.29, 1.82) is 0 Å². The van der Waals surface area contributed by atoms with Gasteiger partial charge in [-0.25, -0.2) is 13.8 Å². The van der Waals surface area contributed by atoms with Crippen LogP contribution in [-0.2, 0) is 11.5 Å². The average molecular weight is 543 g/mol. The molecule has 0 aliphatic rings. The number of aliphatic hydroxyl groups excluding tert-OH is 1. The monoisotopic (exact) mass is 542 g/mol. The molecule has 0 amide bonds. The van der Waals surface area contributed by atoms with Gasteiger partial charge in [-0.3, -0.25) is 0 Å². The molecule has 0 radical (unpaired) electrons. The van der Waals surface area contributed by atoms with Gasteiger partial charge in [0.15, 0.2) is 22.5 Å². The Bertz CT molecular complexity index is 1170. The number of thiocarbonyl (C=S) groups is 1.